The number of hydrogen-bond acceptors (Lipinski definition) is 3. The molecule has 5 heteroatoms. The lowest BCUT2D eigenvalue weighted by atomic mass is 10.0. The van der Waals surface area contributed by atoms with E-state index in [0.717, 1.165) is 35.3 Å². The first-order chi connectivity index (χ1) is 11.1. The molecular weight excluding hydrogens is 291 g/mol. The number of hydrogen-bond donors (Lipinski definition) is 2. The number of aromatic nitrogens is 2. The number of aromatic amines is 1. The molecule has 23 heavy (non-hydrogen) atoms. The summed E-state index contributed by atoms with van der Waals surface area (Å²) in [6.45, 7) is 2.08. The maximum atomic E-state index is 13.8. The molecule has 0 bridgehead atoms. The molecule has 0 saturated heterocycles. The lowest BCUT2D eigenvalue weighted by molar-refractivity contribution is 0.610. The van der Waals surface area contributed by atoms with Gasteiger partial charge >= 0.3 is 0 Å². The molecule has 0 aliphatic rings. The fourth-order valence-electron chi connectivity index (χ4n) is 2.61. The van der Waals surface area contributed by atoms with Gasteiger partial charge < -0.3 is 10.7 Å². The molecule has 1 atom stereocenters. The zero-order valence-electron chi connectivity index (χ0n) is 12.8. The van der Waals surface area contributed by atoms with Crippen LogP contribution in [0.4, 0.5) is 4.39 Å². The topological polar surface area (TPSA) is 78.5 Å². The number of nitriles is 1. The Balaban J connectivity index is 2.00. The van der Waals surface area contributed by atoms with E-state index in [9.17, 15) is 4.39 Å². The number of nitrogens with zero attached hydrogens (tertiary/aromatic N) is 2. The Kier molecular flexibility index (Phi) is 4.09. The molecule has 0 aliphatic heterocycles. The van der Waals surface area contributed by atoms with E-state index in [0.29, 0.717) is 5.56 Å². The third-order valence-electron chi connectivity index (χ3n) is 3.88. The molecule has 0 unspecified atom stereocenters. The predicted octanol–water partition coefficient (Wildman–Crippen LogP) is 4.04. The Morgan fingerprint density at radius 1 is 1.26 bits per heavy atom. The van der Waals surface area contributed by atoms with Gasteiger partial charge in [0.05, 0.1) is 22.6 Å². The summed E-state index contributed by atoms with van der Waals surface area (Å²) in [5.74, 6) is 0.253. The van der Waals surface area contributed by atoms with E-state index in [2.05, 4.69) is 16.9 Å². The first-order valence-electron chi connectivity index (χ1n) is 7.57. The normalized spacial score (nSPS) is 12.3. The van der Waals surface area contributed by atoms with Crippen LogP contribution in [0.2, 0.25) is 0 Å². The third kappa shape index (κ3) is 2.94. The summed E-state index contributed by atoms with van der Waals surface area (Å²) in [5.41, 5.74) is 9.41. The molecule has 0 amide bonds. The van der Waals surface area contributed by atoms with Gasteiger partial charge in [-0.1, -0.05) is 25.5 Å². The van der Waals surface area contributed by atoms with Crippen molar-refractivity contribution in [2.75, 3.05) is 0 Å². The van der Waals surface area contributed by atoms with E-state index < -0.39 is 5.82 Å². The predicted molar refractivity (Wildman–Crippen MR) is 88.0 cm³/mol. The number of rotatable bonds is 4. The van der Waals surface area contributed by atoms with Crippen molar-refractivity contribution in [1.29, 1.82) is 5.26 Å². The van der Waals surface area contributed by atoms with Gasteiger partial charge in [-0.05, 0) is 41.8 Å². The van der Waals surface area contributed by atoms with Crippen molar-refractivity contribution in [3.63, 3.8) is 0 Å². The first-order valence-corrected chi connectivity index (χ1v) is 7.57. The number of nitrogens with two attached hydrogens (primary N) is 1. The van der Waals surface area contributed by atoms with Gasteiger partial charge in [0.15, 0.2) is 0 Å². The quantitative estimate of drug-likeness (QED) is 0.763. The average Bonchev–Trinajstić information content (AvgIpc) is 2.98. The summed E-state index contributed by atoms with van der Waals surface area (Å²) in [7, 11) is 0. The third-order valence-corrected chi connectivity index (χ3v) is 3.88. The summed E-state index contributed by atoms with van der Waals surface area (Å²) in [6.07, 6.45) is 1.86. The second-order valence-corrected chi connectivity index (χ2v) is 5.56. The van der Waals surface area contributed by atoms with Crippen LogP contribution in [0.15, 0.2) is 36.4 Å². The highest BCUT2D eigenvalue weighted by atomic mass is 19.1. The first kappa shape index (κ1) is 15.2. The molecule has 1 heterocycles. The minimum Gasteiger partial charge on any atom is -0.341 e. The van der Waals surface area contributed by atoms with Crippen LogP contribution in [0.1, 0.15) is 37.2 Å². The second-order valence-electron chi connectivity index (χ2n) is 5.56. The van der Waals surface area contributed by atoms with Crippen molar-refractivity contribution in [1.82, 2.24) is 9.97 Å². The summed E-state index contributed by atoms with van der Waals surface area (Å²) in [5, 5.41) is 8.80. The van der Waals surface area contributed by atoms with Crippen LogP contribution in [-0.4, -0.2) is 9.97 Å². The van der Waals surface area contributed by atoms with Crippen LogP contribution in [0.3, 0.4) is 0 Å². The maximum Gasteiger partial charge on any atom is 0.141 e. The van der Waals surface area contributed by atoms with E-state index in [4.69, 9.17) is 11.0 Å². The smallest absolute Gasteiger partial charge is 0.141 e. The van der Waals surface area contributed by atoms with Gasteiger partial charge in [-0.15, -0.1) is 0 Å². The Morgan fingerprint density at radius 3 is 2.70 bits per heavy atom. The minimum atomic E-state index is -0.516. The number of benzene rings is 2. The molecular formula is C18H17FN4. The molecule has 4 nitrogen and oxygen atoms in total. The van der Waals surface area contributed by atoms with E-state index >= 15 is 0 Å². The van der Waals surface area contributed by atoms with Crippen LogP contribution in [0.25, 0.3) is 22.2 Å². The van der Waals surface area contributed by atoms with E-state index in [1.807, 2.05) is 24.3 Å². The molecule has 116 valence electrons. The molecule has 0 aliphatic carbocycles. The standard InChI is InChI=1S/C18H17FN4/c1-2-3-15(21)18-22-16-7-6-12(9-17(16)23-18)11-4-5-13(10-20)14(19)8-11/h4-9,15H,2-3,21H2,1H3,(H,22,23)/t15-/m0/s1. The Morgan fingerprint density at radius 2 is 2.00 bits per heavy atom. The summed E-state index contributed by atoms with van der Waals surface area (Å²) in [6, 6.07) is 12.0. The number of H-pyrrole nitrogens is 1. The number of fused-ring (bicyclic) bond motifs is 1. The second kappa shape index (κ2) is 6.19. The highest BCUT2D eigenvalue weighted by Gasteiger charge is 2.11. The fourth-order valence-corrected chi connectivity index (χ4v) is 2.61. The molecule has 3 rings (SSSR count). The van der Waals surface area contributed by atoms with Crippen molar-refractivity contribution in [2.45, 2.75) is 25.8 Å². The Labute approximate surface area is 133 Å². The molecule has 2 aromatic carbocycles. The van der Waals surface area contributed by atoms with Crippen molar-refractivity contribution in [3.8, 4) is 17.2 Å². The summed E-state index contributed by atoms with van der Waals surface area (Å²) >= 11 is 0. The highest BCUT2D eigenvalue weighted by molar-refractivity contribution is 5.82. The van der Waals surface area contributed by atoms with Crippen LogP contribution in [0, 0.1) is 17.1 Å². The van der Waals surface area contributed by atoms with Gasteiger partial charge in [-0.3, -0.25) is 0 Å². The summed E-state index contributed by atoms with van der Waals surface area (Å²) in [4.78, 5) is 7.78. The zero-order chi connectivity index (χ0) is 16.4. The van der Waals surface area contributed by atoms with E-state index in [1.54, 1.807) is 6.07 Å². The van der Waals surface area contributed by atoms with Crippen molar-refractivity contribution in [3.05, 3.63) is 53.6 Å². The van der Waals surface area contributed by atoms with Gasteiger partial charge in [0.1, 0.15) is 17.7 Å². The molecule has 0 spiro atoms. The Hall–Kier alpha value is -2.71. The number of halogens is 1. The molecule has 3 aromatic rings. The zero-order valence-corrected chi connectivity index (χ0v) is 12.8. The lowest BCUT2D eigenvalue weighted by Crippen LogP contribution is -2.11. The number of nitrogens with one attached hydrogen (secondary N) is 1. The maximum absolute atomic E-state index is 13.8. The molecule has 3 N–H and O–H groups in total. The van der Waals surface area contributed by atoms with E-state index in [-0.39, 0.29) is 11.6 Å². The van der Waals surface area contributed by atoms with Crippen LogP contribution < -0.4 is 5.73 Å². The number of imidazole rings is 1. The van der Waals surface area contributed by atoms with Gasteiger partial charge in [0.2, 0.25) is 0 Å². The van der Waals surface area contributed by atoms with Gasteiger partial charge in [-0.2, -0.15) is 5.26 Å². The van der Waals surface area contributed by atoms with Crippen LogP contribution in [0.5, 0.6) is 0 Å². The Bertz CT molecular complexity index is 892. The average molecular weight is 308 g/mol. The minimum absolute atomic E-state index is 0.0439. The van der Waals surface area contributed by atoms with Gasteiger partial charge in [-0.25, -0.2) is 9.37 Å². The molecule has 0 radical (unpaired) electrons. The van der Waals surface area contributed by atoms with E-state index in [1.165, 1.54) is 12.1 Å². The largest absolute Gasteiger partial charge is 0.341 e. The van der Waals surface area contributed by atoms with Crippen molar-refractivity contribution < 1.29 is 4.39 Å². The molecule has 0 fully saturated rings. The van der Waals surface area contributed by atoms with Crippen molar-refractivity contribution >= 4 is 11.0 Å². The van der Waals surface area contributed by atoms with Crippen LogP contribution in [-0.2, 0) is 0 Å². The molecule has 1 aromatic heterocycles. The SMILES string of the molecule is CCC[C@H](N)c1nc2cc(-c3ccc(C#N)c(F)c3)ccc2[nH]1. The van der Waals surface area contributed by atoms with Crippen molar-refractivity contribution in [2.24, 2.45) is 5.73 Å². The fraction of sp³-hybridized carbons (Fsp3) is 0.222. The highest BCUT2D eigenvalue weighted by Crippen LogP contribution is 2.26. The monoisotopic (exact) mass is 308 g/mol. The van der Waals surface area contributed by atoms with Gasteiger partial charge in [0.25, 0.3) is 0 Å². The lowest BCUT2D eigenvalue weighted by Gasteiger charge is -2.04. The molecule has 0 saturated carbocycles. The van der Waals surface area contributed by atoms with Crippen LogP contribution >= 0.6 is 0 Å². The van der Waals surface area contributed by atoms with Gasteiger partial charge in [0, 0.05) is 0 Å². The summed E-state index contributed by atoms with van der Waals surface area (Å²) < 4.78 is 13.8.